The number of ether oxygens (including phenoxy) is 1. The molecule has 1 aliphatic carbocycles. The minimum absolute atomic E-state index is 0.0695. The van der Waals surface area contributed by atoms with Crippen LogP contribution in [0.25, 0.3) is 0 Å². The third-order valence-electron chi connectivity index (χ3n) is 5.22. The Morgan fingerprint density at radius 1 is 1.04 bits per heavy atom. The van der Waals surface area contributed by atoms with Crippen molar-refractivity contribution < 1.29 is 23.9 Å². The molecule has 0 bridgehead atoms. The summed E-state index contributed by atoms with van der Waals surface area (Å²) in [6.45, 7) is -0.364. The van der Waals surface area contributed by atoms with Crippen molar-refractivity contribution >= 4 is 34.9 Å². The summed E-state index contributed by atoms with van der Waals surface area (Å²) in [4.78, 5) is 51.6. The van der Waals surface area contributed by atoms with Crippen LogP contribution in [0.1, 0.15) is 72.8 Å². The second-order valence-electron chi connectivity index (χ2n) is 7.01. The molecule has 4 rings (SSSR count). The third-order valence-corrected chi connectivity index (χ3v) is 6.13. The molecule has 0 atom stereocenters. The Morgan fingerprint density at radius 2 is 1.79 bits per heavy atom. The Morgan fingerprint density at radius 3 is 2.50 bits per heavy atom. The van der Waals surface area contributed by atoms with Crippen LogP contribution in [0, 0.1) is 0 Å². The second kappa shape index (κ2) is 7.67. The first-order valence-corrected chi connectivity index (χ1v) is 10.2. The number of nitrogens with zero attached hydrogens (tertiary/aromatic N) is 1. The molecular formula is C21H19NO5S. The molecule has 2 amide bonds. The molecule has 1 aliphatic heterocycles. The first kappa shape index (κ1) is 18.6. The predicted molar refractivity (Wildman–Crippen MR) is 103 cm³/mol. The minimum atomic E-state index is -0.691. The van der Waals surface area contributed by atoms with Crippen LogP contribution >= 0.6 is 11.3 Å². The fraction of sp³-hybridized carbons (Fsp3) is 0.333. The van der Waals surface area contributed by atoms with Gasteiger partial charge in [-0.25, -0.2) is 4.79 Å². The summed E-state index contributed by atoms with van der Waals surface area (Å²) in [6, 6.07) is 7.71. The summed E-state index contributed by atoms with van der Waals surface area (Å²) in [5, 5.41) is 1.77. The van der Waals surface area contributed by atoms with E-state index >= 15 is 0 Å². The van der Waals surface area contributed by atoms with Crippen molar-refractivity contribution in [3.63, 3.8) is 0 Å². The van der Waals surface area contributed by atoms with Gasteiger partial charge < -0.3 is 4.74 Å². The van der Waals surface area contributed by atoms with Gasteiger partial charge in [0, 0.05) is 6.04 Å². The average Bonchev–Trinajstić information content (AvgIpc) is 3.34. The van der Waals surface area contributed by atoms with Gasteiger partial charge in [-0.15, -0.1) is 11.3 Å². The van der Waals surface area contributed by atoms with Crippen LogP contribution in [-0.4, -0.2) is 41.1 Å². The molecule has 0 spiro atoms. The maximum atomic E-state index is 12.8. The average molecular weight is 397 g/mol. The van der Waals surface area contributed by atoms with Crippen molar-refractivity contribution in [3.8, 4) is 0 Å². The molecule has 0 unspecified atom stereocenters. The summed E-state index contributed by atoms with van der Waals surface area (Å²) >= 11 is 1.28. The van der Waals surface area contributed by atoms with Gasteiger partial charge in [0.1, 0.15) is 0 Å². The lowest BCUT2D eigenvalue weighted by Crippen LogP contribution is -2.40. The molecule has 2 aromatic rings. The van der Waals surface area contributed by atoms with Crippen molar-refractivity contribution in [1.82, 2.24) is 4.90 Å². The van der Waals surface area contributed by atoms with Crippen molar-refractivity contribution in [1.29, 1.82) is 0 Å². The normalized spacial score (nSPS) is 16.9. The number of benzene rings is 1. The maximum absolute atomic E-state index is 12.8. The molecule has 1 aromatic heterocycles. The molecule has 2 heterocycles. The fourth-order valence-electron chi connectivity index (χ4n) is 3.78. The largest absolute Gasteiger partial charge is 0.454 e. The number of carbonyl (C=O) groups is 4. The van der Waals surface area contributed by atoms with Crippen molar-refractivity contribution in [2.45, 2.75) is 38.1 Å². The quantitative estimate of drug-likeness (QED) is 0.436. The smallest absolute Gasteiger partial charge is 0.338 e. The summed E-state index contributed by atoms with van der Waals surface area (Å²) in [7, 11) is 0. The van der Waals surface area contributed by atoms with E-state index in [-0.39, 0.29) is 41.4 Å². The third kappa shape index (κ3) is 3.38. The Labute approximate surface area is 166 Å². The minimum Gasteiger partial charge on any atom is -0.454 e. The van der Waals surface area contributed by atoms with E-state index in [1.807, 2.05) is 0 Å². The molecule has 2 aliphatic rings. The number of fused-ring (bicyclic) bond motifs is 1. The molecule has 0 N–H and O–H groups in total. The zero-order valence-electron chi connectivity index (χ0n) is 15.2. The molecule has 1 fully saturated rings. The highest BCUT2D eigenvalue weighted by Gasteiger charge is 2.40. The van der Waals surface area contributed by atoms with Gasteiger partial charge >= 0.3 is 5.97 Å². The van der Waals surface area contributed by atoms with Gasteiger partial charge in [-0.05, 0) is 42.5 Å². The van der Waals surface area contributed by atoms with Crippen LogP contribution in [0.5, 0.6) is 0 Å². The highest BCUT2D eigenvalue weighted by atomic mass is 32.1. The number of amides is 2. The number of ketones is 1. The molecule has 1 aromatic carbocycles. The topological polar surface area (TPSA) is 80.8 Å². The number of Topliss-reactive ketones (excluding diaryl/α,β-unsaturated/α-hetero) is 1. The molecule has 0 saturated heterocycles. The van der Waals surface area contributed by atoms with E-state index in [0.29, 0.717) is 10.4 Å². The Hall–Kier alpha value is -2.80. The zero-order chi connectivity index (χ0) is 19.7. The van der Waals surface area contributed by atoms with Crippen LogP contribution in [-0.2, 0) is 4.74 Å². The molecule has 144 valence electrons. The van der Waals surface area contributed by atoms with Gasteiger partial charge in [0.05, 0.1) is 21.6 Å². The van der Waals surface area contributed by atoms with Crippen LogP contribution in [0.2, 0.25) is 0 Å². The molecule has 7 heteroatoms. The number of thiophene rings is 1. The molecular weight excluding hydrogens is 378 g/mol. The fourth-order valence-corrected chi connectivity index (χ4v) is 4.43. The van der Waals surface area contributed by atoms with Gasteiger partial charge in [-0.2, -0.15) is 0 Å². The molecule has 28 heavy (non-hydrogen) atoms. The predicted octanol–water partition coefficient (Wildman–Crippen LogP) is 3.72. The van der Waals surface area contributed by atoms with Crippen LogP contribution in [0.4, 0.5) is 0 Å². The van der Waals surface area contributed by atoms with Crippen LogP contribution in [0.15, 0.2) is 35.7 Å². The monoisotopic (exact) mass is 397 g/mol. The summed E-state index contributed by atoms with van der Waals surface area (Å²) < 4.78 is 5.09. The Kier molecular flexibility index (Phi) is 5.09. The SMILES string of the molecule is O=C(OCC(=O)c1cccs1)c1ccc2c(c1)C(=O)N(C1CCCCC1)C2=O. The number of hydrogen-bond donors (Lipinski definition) is 0. The summed E-state index contributed by atoms with van der Waals surface area (Å²) in [6.07, 6.45) is 4.79. The van der Waals surface area contributed by atoms with E-state index in [4.69, 9.17) is 4.74 Å². The van der Waals surface area contributed by atoms with Gasteiger partial charge in [-0.1, -0.05) is 25.3 Å². The maximum Gasteiger partial charge on any atom is 0.338 e. The van der Waals surface area contributed by atoms with Crippen molar-refractivity contribution in [3.05, 3.63) is 57.3 Å². The van der Waals surface area contributed by atoms with E-state index in [9.17, 15) is 19.2 Å². The molecule has 1 saturated carbocycles. The van der Waals surface area contributed by atoms with Crippen molar-refractivity contribution in [2.75, 3.05) is 6.61 Å². The number of hydrogen-bond acceptors (Lipinski definition) is 6. The van der Waals surface area contributed by atoms with E-state index in [0.717, 1.165) is 32.1 Å². The van der Waals surface area contributed by atoms with Gasteiger partial charge in [0.15, 0.2) is 6.61 Å². The lowest BCUT2D eigenvalue weighted by molar-refractivity contribution is 0.0475. The van der Waals surface area contributed by atoms with Gasteiger partial charge in [-0.3, -0.25) is 19.3 Å². The number of esters is 1. The Bertz CT molecular complexity index is 944. The second-order valence-corrected chi connectivity index (χ2v) is 7.96. The summed E-state index contributed by atoms with van der Waals surface area (Å²) in [5.41, 5.74) is 0.709. The van der Waals surface area contributed by atoms with E-state index in [1.54, 1.807) is 17.5 Å². The van der Waals surface area contributed by atoms with E-state index < -0.39 is 5.97 Å². The number of carbonyl (C=O) groups excluding carboxylic acids is 4. The lowest BCUT2D eigenvalue weighted by atomic mass is 9.94. The first-order valence-electron chi connectivity index (χ1n) is 9.32. The van der Waals surface area contributed by atoms with Crippen LogP contribution in [0.3, 0.4) is 0 Å². The molecule has 6 nitrogen and oxygen atoms in total. The van der Waals surface area contributed by atoms with Gasteiger partial charge in [0.2, 0.25) is 5.78 Å². The van der Waals surface area contributed by atoms with E-state index in [2.05, 4.69) is 0 Å². The summed E-state index contributed by atoms with van der Waals surface area (Å²) in [5.74, 6) is -1.61. The number of imide groups is 1. The zero-order valence-corrected chi connectivity index (χ0v) is 16.0. The highest BCUT2D eigenvalue weighted by molar-refractivity contribution is 7.12. The Balaban J connectivity index is 1.48. The standard InChI is InChI=1S/C21H19NO5S/c23-17(18-7-4-10-28-18)12-27-21(26)13-8-9-15-16(11-13)20(25)22(19(15)24)14-5-2-1-3-6-14/h4,7-11,14H,1-3,5-6,12H2. The first-order chi connectivity index (χ1) is 13.6. The lowest BCUT2D eigenvalue weighted by Gasteiger charge is -2.29. The number of rotatable bonds is 5. The van der Waals surface area contributed by atoms with Crippen LogP contribution < -0.4 is 0 Å². The molecule has 0 radical (unpaired) electrons. The highest BCUT2D eigenvalue weighted by Crippen LogP contribution is 2.31. The van der Waals surface area contributed by atoms with E-state index in [1.165, 1.54) is 34.4 Å². The van der Waals surface area contributed by atoms with Crippen molar-refractivity contribution in [2.24, 2.45) is 0 Å². The van der Waals surface area contributed by atoms with Gasteiger partial charge in [0.25, 0.3) is 11.8 Å².